The lowest BCUT2D eigenvalue weighted by Gasteiger charge is -2.33. The van der Waals surface area contributed by atoms with E-state index in [-0.39, 0.29) is 53.8 Å². The van der Waals surface area contributed by atoms with E-state index >= 15 is 0 Å². The molecule has 0 aromatic rings. The van der Waals surface area contributed by atoms with E-state index in [1.807, 2.05) is 13.8 Å². The van der Waals surface area contributed by atoms with Crippen LogP contribution in [0.4, 0.5) is 0 Å². The first-order valence-corrected chi connectivity index (χ1v) is 13.1. The molecule has 0 aromatic carbocycles. The van der Waals surface area contributed by atoms with Crippen LogP contribution < -0.4 is 0 Å². The summed E-state index contributed by atoms with van der Waals surface area (Å²) in [7, 11) is 0. The van der Waals surface area contributed by atoms with Crippen LogP contribution in [0.2, 0.25) is 0 Å². The Balaban J connectivity index is 1.27. The second-order valence-electron chi connectivity index (χ2n) is 11.8. The number of hydrogen-bond donors (Lipinski definition) is 1. The molecule has 1 heterocycles. The smallest absolute Gasteiger partial charge is 0.334 e. The number of carbonyl (C=O) groups excluding carboxylic acids is 4. The van der Waals surface area contributed by atoms with Gasteiger partial charge in [0.25, 0.3) is 0 Å². The third-order valence-corrected chi connectivity index (χ3v) is 10.2. The van der Waals surface area contributed by atoms with Gasteiger partial charge in [-0.3, -0.25) is 9.59 Å². The Morgan fingerprint density at radius 3 is 2.65 bits per heavy atom. The Labute approximate surface area is 216 Å². The molecular weight excluding hydrogens is 472 g/mol. The van der Waals surface area contributed by atoms with E-state index in [1.165, 1.54) is 6.08 Å². The first-order chi connectivity index (χ1) is 17.5. The number of allylic oxidation sites excluding steroid dienone is 3. The van der Waals surface area contributed by atoms with Crippen LogP contribution in [0.1, 0.15) is 40.0 Å². The van der Waals surface area contributed by atoms with Crippen molar-refractivity contribution >= 4 is 23.5 Å². The quantitative estimate of drug-likeness (QED) is 0.463. The summed E-state index contributed by atoms with van der Waals surface area (Å²) in [6, 6.07) is 0. The van der Waals surface area contributed by atoms with E-state index < -0.39 is 41.4 Å². The van der Waals surface area contributed by atoms with Crippen molar-refractivity contribution in [2.45, 2.75) is 52.2 Å². The second kappa shape index (κ2) is 7.97. The molecule has 1 spiro atoms. The molecule has 0 radical (unpaired) electrons. The zero-order valence-corrected chi connectivity index (χ0v) is 21.4. The number of ether oxygens (including phenoxy) is 2. The lowest BCUT2D eigenvalue weighted by Crippen LogP contribution is -2.38. The number of hydrogen-bond acceptors (Lipinski definition) is 7. The molecule has 5 aliphatic carbocycles. The van der Waals surface area contributed by atoms with Crippen LogP contribution in [0.15, 0.2) is 58.7 Å². The van der Waals surface area contributed by atoms with Crippen molar-refractivity contribution < 1.29 is 33.8 Å². The van der Waals surface area contributed by atoms with Crippen molar-refractivity contribution in [1.82, 2.24) is 0 Å². The third kappa shape index (κ3) is 3.03. The van der Waals surface area contributed by atoms with Crippen LogP contribution in [0, 0.1) is 40.9 Å². The number of aliphatic hydroxyl groups is 1. The zero-order chi connectivity index (χ0) is 26.5. The number of aliphatic hydroxyl groups excluding tert-OH is 1. The summed E-state index contributed by atoms with van der Waals surface area (Å²) >= 11 is 0. The number of rotatable bonds is 4. The van der Waals surface area contributed by atoms with Gasteiger partial charge in [-0.1, -0.05) is 31.2 Å². The molecule has 6 aliphatic rings. The minimum Gasteiger partial charge on any atom is -0.458 e. The van der Waals surface area contributed by atoms with Crippen molar-refractivity contribution in [3.05, 3.63) is 58.7 Å². The molecule has 1 aliphatic heterocycles. The van der Waals surface area contributed by atoms with Gasteiger partial charge in [0.05, 0.1) is 12.5 Å². The number of ketones is 2. The zero-order valence-electron chi connectivity index (χ0n) is 21.4. The van der Waals surface area contributed by atoms with Crippen LogP contribution in [0.5, 0.6) is 0 Å². The summed E-state index contributed by atoms with van der Waals surface area (Å²) in [5, 5.41) is 9.90. The van der Waals surface area contributed by atoms with E-state index in [4.69, 9.17) is 9.47 Å². The maximum Gasteiger partial charge on any atom is 0.334 e. The van der Waals surface area contributed by atoms with Crippen LogP contribution in [-0.2, 0) is 28.7 Å². The van der Waals surface area contributed by atoms with Crippen LogP contribution >= 0.6 is 0 Å². The lowest BCUT2D eigenvalue weighted by molar-refractivity contribution is -0.149. The highest BCUT2D eigenvalue weighted by molar-refractivity contribution is 6.09. The van der Waals surface area contributed by atoms with Gasteiger partial charge >= 0.3 is 11.9 Å². The summed E-state index contributed by atoms with van der Waals surface area (Å²) < 4.78 is 11.7. The molecule has 37 heavy (non-hydrogen) atoms. The maximum absolute atomic E-state index is 13.6. The summed E-state index contributed by atoms with van der Waals surface area (Å²) in [4.78, 5) is 51.9. The van der Waals surface area contributed by atoms with Gasteiger partial charge in [0.2, 0.25) is 0 Å². The molecule has 194 valence electrons. The van der Waals surface area contributed by atoms with Gasteiger partial charge in [-0.2, -0.15) is 0 Å². The average molecular weight is 505 g/mol. The molecule has 9 atom stereocenters. The molecule has 2 saturated carbocycles. The second-order valence-corrected chi connectivity index (χ2v) is 11.8. The van der Waals surface area contributed by atoms with Crippen LogP contribution in [0.3, 0.4) is 0 Å². The maximum atomic E-state index is 13.6. The highest BCUT2D eigenvalue weighted by Gasteiger charge is 2.77. The normalized spacial score (nSPS) is 41.7. The van der Waals surface area contributed by atoms with Crippen molar-refractivity contribution in [1.29, 1.82) is 0 Å². The van der Waals surface area contributed by atoms with Gasteiger partial charge in [0.15, 0.2) is 11.6 Å². The summed E-state index contributed by atoms with van der Waals surface area (Å²) in [6.45, 7) is 13.7. The largest absolute Gasteiger partial charge is 0.458 e. The molecule has 1 saturated heterocycles. The molecule has 7 nitrogen and oxygen atoms in total. The molecule has 0 aromatic heterocycles. The average Bonchev–Trinajstić information content (AvgIpc) is 3.26. The van der Waals surface area contributed by atoms with E-state index in [0.29, 0.717) is 16.7 Å². The predicted octanol–water partition coefficient (Wildman–Crippen LogP) is 3.20. The molecule has 3 fully saturated rings. The van der Waals surface area contributed by atoms with Crippen molar-refractivity contribution in [3.8, 4) is 0 Å². The Morgan fingerprint density at radius 1 is 1.22 bits per heavy atom. The summed E-state index contributed by atoms with van der Waals surface area (Å²) in [6.07, 6.45) is 3.49. The standard InChI is InChI=1S/C30H32O7/c1-12-8-20(23-16(5)29(35)37-27(23)24-17(11-31)10-19(32)22(12)24)36-28(34)15(4)18-7-6-14(3)30-21(33)9-13(2)25(30)26(18)30/h9-10,14,18,20,23-27,31H,4-8,11H2,1-3H3. The fourth-order valence-corrected chi connectivity index (χ4v) is 8.52. The molecule has 0 amide bonds. The van der Waals surface area contributed by atoms with E-state index in [2.05, 4.69) is 20.1 Å². The van der Waals surface area contributed by atoms with Gasteiger partial charge in [-0.25, -0.2) is 9.59 Å². The van der Waals surface area contributed by atoms with Gasteiger partial charge < -0.3 is 14.6 Å². The topological polar surface area (TPSA) is 107 Å². The summed E-state index contributed by atoms with van der Waals surface area (Å²) in [5.41, 5.74) is 2.97. The highest BCUT2D eigenvalue weighted by Crippen LogP contribution is 2.76. The number of esters is 2. The van der Waals surface area contributed by atoms with Crippen LogP contribution in [0.25, 0.3) is 0 Å². The van der Waals surface area contributed by atoms with Gasteiger partial charge in [-0.15, -0.1) is 0 Å². The third-order valence-electron chi connectivity index (χ3n) is 10.2. The molecule has 9 unspecified atom stereocenters. The Morgan fingerprint density at radius 2 is 1.95 bits per heavy atom. The summed E-state index contributed by atoms with van der Waals surface area (Å²) in [5.74, 6) is -2.04. The fraction of sp³-hybridized carbons (Fsp3) is 0.533. The number of carbonyl (C=O) groups is 4. The molecule has 1 N–H and O–H groups in total. The van der Waals surface area contributed by atoms with Crippen molar-refractivity contribution in [2.75, 3.05) is 6.61 Å². The van der Waals surface area contributed by atoms with E-state index in [9.17, 15) is 24.3 Å². The minimum atomic E-state index is -0.782. The monoisotopic (exact) mass is 504 g/mol. The molecule has 6 rings (SSSR count). The number of fused-ring (bicyclic) bond motifs is 4. The van der Waals surface area contributed by atoms with Crippen LogP contribution in [-0.4, -0.2) is 47.4 Å². The lowest BCUT2D eigenvalue weighted by atomic mass is 9.71. The Hall–Kier alpha value is -3.06. The fourth-order valence-electron chi connectivity index (χ4n) is 8.52. The van der Waals surface area contributed by atoms with Gasteiger partial charge in [-0.05, 0) is 68.1 Å². The first-order valence-electron chi connectivity index (χ1n) is 13.1. The minimum absolute atomic E-state index is 0.0696. The van der Waals surface area contributed by atoms with Gasteiger partial charge in [0, 0.05) is 34.5 Å². The molecule has 7 heteroatoms. The Kier molecular flexibility index (Phi) is 5.23. The molecular formula is C30H32O7. The SMILES string of the molecule is C=C(C(=O)OC1CC(C)=C2C(=O)C=C(CO)C2C2OC(=O)C(=C)C12)C1CCC(C)C23C(=O)C=C(C)C2C13. The van der Waals surface area contributed by atoms with Crippen molar-refractivity contribution in [3.63, 3.8) is 0 Å². The first kappa shape index (κ1) is 24.3. The van der Waals surface area contributed by atoms with E-state index in [1.54, 1.807) is 6.08 Å². The van der Waals surface area contributed by atoms with Crippen molar-refractivity contribution in [2.24, 2.45) is 40.9 Å². The van der Waals surface area contributed by atoms with Gasteiger partial charge in [0.1, 0.15) is 12.2 Å². The predicted molar refractivity (Wildman–Crippen MR) is 133 cm³/mol. The Bertz CT molecular complexity index is 1290. The molecule has 0 bridgehead atoms. The highest BCUT2D eigenvalue weighted by atomic mass is 16.6. The van der Waals surface area contributed by atoms with E-state index in [0.717, 1.165) is 24.0 Å².